The molecule has 1 rings (SSSR count). The van der Waals surface area contributed by atoms with Crippen molar-refractivity contribution in [2.45, 2.75) is 20.3 Å². The maximum atomic E-state index is 11.3. The van der Waals surface area contributed by atoms with Crippen LogP contribution in [-0.2, 0) is 0 Å². The zero-order chi connectivity index (χ0) is 12.8. The van der Waals surface area contributed by atoms with Gasteiger partial charge in [0.1, 0.15) is 5.75 Å². The fraction of sp³-hybridized carbons (Fsp3) is 0.417. The van der Waals surface area contributed by atoms with Crippen LogP contribution in [-0.4, -0.2) is 24.4 Å². The molecule has 5 heteroatoms. The molecule has 1 aromatic carbocycles. The molecule has 4 nitrogen and oxygen atoms in total. The molecule has 1 aromatic rings. The third kappa shape index (κ3) is 4.24. The smallest absolute Gasteiger partial charge is 0.410 e. The van der Waals surface area contributed by atoms with Crippen LogP contribution in [0.1, 0.15) is 17.5 Å². The standard InChI is InChI=1S/C12H16ClNO3/c1-8-6-10(7-9(2)11(8)13)17-12(16)14-4-3-5-15/h6-7,15H,3-5H2,1-2H3,(H,14,16). The SMILES string of the molecule is Cc1cc(OC(=O)NCCCO)cc(C)c1Cl. The third-order valence-electron chi connectivity index (χ3n) is 2.22. The molecule has 0 aliphatic heterocycles. The largest absolute Gasteiger partial charge is 0.412 e. The number of aryl methyl sites for hydroxylation is 2. The highest BCUT2D eigenvalue weighted by molar-refractivity contribution is 6.32. The van der Waals surface area contributed by atoms with E-state index in [2.05, 4.69) is 5.32 Å². The Kier molecular flexibility index (Phi) is 5.25. The molecular weight excluding hydrogens is 242 g/mol. The zero-order valence-corrected chi connectivity index (χ0v) is 10.7. The summed E-state index contributed by atoms with van der Waals surface area (Å²) in [6, 6.07) is 3.42. The summed E-state index contributed by atoms with van der Waals surface area (Å²) < 4.78 is 5.09. The second kappa shape index (κ2) is 6.47. The fourth-order valence-electron chi connectivity index (χ4n) is 1.38. The Labute approximate surface area is 106 Å². The number of halogens is 1. The lowest BCUT2D eigenvalue weighted by Crippen LogP contribution is -2.28. The summed E-state index contributed by atoms with van der Waals surface area (Å²) in [5.74, 6) is 0.464. The Morgan fingerprint density at radius 2 is 2.00 bits per heavy atom. The van der Waals surface area contributed by atoms with Crippen LogP contribution in [0.25, 0.3) is 0 Å². The molecule has 0 saturated carbocycles. The van der Waals surface area contributed by atoms with Crippen LogP contribution in [0, 0.1) is 13.8 Å². The molecule has 17 heavy (non-hydrogen) atoms. The van der Waals surface area contributed by atoms with Crippen LogP contribution in [0.2, 0.25) is 5.02 Å². The average molecular weight is 258 g/mol. The predicted octanol–water partition coefficient (Wildman–Crippen LogP) is 2.43. The van der Waals surface area contributed by atoms with Crippen molar-refractivity contribution in [2.75, 3.05) is 13.2 Å². The number of benzene rings is 1. The van der Waals surface area contributed by atoms with Gasteiger partial charge in [-0.25, -0.2) is 4.79 Å². The molecule has 2 N–H and O–H groups in total. The van der Waals surface area contributed by atoms with Gasteiger partial charge in [-0.2, -0.15) is 0 Å². The molecule has 0 fully saturated rings. The maximum Gasteiger partial charge on any atom is 0.412 e. The predicted molar refractivity (Wildman–Crippen MR) is 66.7 cm³/mol. The molecule has 0 bridgehead atoms. The Balaban J connectivity index is 2.60. The Bertz CT molecular complexity index is 384. The molecule has 0 spiro atoms. The topological polar surface area (TPSA) is 58.6 Å². The van der Waals surface area contributed by atoms with Crippen LogP contribution < -0.4 is 10.1 Å². The van der Waals surface area contributed by atoms with Crippen molar-refractivity contribution in [1.82, 2.24) is 5.32 Å². The Morgan fingerprint density at radius 3 is 2.53 bits per heavy atom. The van der Waals surface area contributed by atoms with Gasteiger partial charge in [0, 0.05) is 18.2 Å². The first kappa shape index (κ1) is 13.8. The first-order valence-electron chi connectivity index (χ1n) is 5.38. The lowest BCUT2D eigenvalue weighted by Gasteiger charge is -2.09. The molecule has 0 unspecified atom stereocenters. The first-order chi connectivity index (χ1) is 8.04. The van der Waals surface area contributed by atoms with Gasteiger partial charge < -0.3 is 15.2 Å². The van der Waals surface area contributed by atoms with E-state index in [1.54, 1.807) is 12.1 Å². The van der Waals surface area contributed by atoms with E-state index in [-0.39, 0.29) is 6.61 Å². The minimum Gasteiger partial charge on any atom is -0.410 e. The van der Waals surface area contributed by atoms with Gasteiger partial charge >= 0.3 is 6.09 Å². The van der Waals surface area contributed by atoms with Gasteiger partial charge in [-0.3, -0.25) is 0 Å². The van der Waals surface area contributed by atoms with E-state index < -0.39 is 6.09 Å². The highest BCUT2D eigenvalue weighted by atomic mass is 35.5. The molecule has 94 valence electrons. The summed E-state index contributed by atoms with van der Waals surface area (Å²) >= 11 is 6.00. The molecule has 1 amide bonds. The minimum absolute atomic E-state index is 0.0411. The number of carbonyl (C=O) groups excluding carboxylic acids is 1. The highest BCUT2D eigenvalue weighted by Crippen LogP contribution is 2.25. The van der Waals surface area contributed by atoms with Crippen LogP contribution in [0.5, 0.6) is 5.75 Å². The summed E-state index contributed by atoms with van der Waals surface area (Å²) in [4.78, 5) is 11.3. The molecule has 0 aliphatic rings. The second-order valence-electron chi connectivity index (χ2n) is 3.76. The van der Waals surface area contributed by atoms with Crippen molar-refractivity contribution in [2.24, 2.45) is 0 Å². The Morgan fingerprint density at radius 1 is 1.41 bits per heavy atom. The maximum absolute atomic E-state index is 11.3. The van der Waals surface area contributed by atoms with Crippen molar-refractivity contribution < 1.29 is 14.6 Å². The van der Waals surface area contributed by atoms with E-state index in [0.717, 1.165) is 11.1 Å². The van der Waals surface area contributed by atoms with Crippen molar-refractivity contribution >= 4 is 17.7 Å². The number of amides is 1. The van der Waals surface area contributed by atoms with Crippen molar-refractivity contribution in [3.8, 4) is 5.75 Å². The van der Waals surface area contributed by atoms with Gasteiger partial charge in [0.2, 0.25) is 0 Å². The Hall–Kier alpha value is -1.26. The number of aliphatic hydroxyl groups excluding tert-OH is 1. The number of carbonyl (C=O) groups is 1. The van der Waals surface area contributed by atoms with Gasteiger partial charge in [0.05, 0.1) is 0 Å². The monoisotopic (exact) mass is 257 g/mol. The number of nitrogens with one attached hydrogen (secondary N) is 1. The van der Waals surface area contributed by atoms with E-state index in [0.29, 0.717) is 23.7 Å². The number of hydrogen-bond donors (Lipinski definition) is 2. The lowest BCUT2D eigenvalue weighted by atomic mass is 10.1. The second-order valence-corrected chi connectivity index (χ2v) is 4.14. The van der Waals surface area contributed by atoms with Crippen LogP contribution >= 0.6 is 11.6 Å². The van der Waals surface area contributed by atoms with Crippen LogP contribution in [0.15, 0.2) is 12.1 Å². The molecule has 0 saturated heterocycles. The van der Waals surface area contributed by atoms with Crippen molar-refractivity contribution in [3.63, 3.8) is 0 Å². The average Bonchev–Trinajstić information content (AvgIpc) is 2.26. The third-order valence-corrected chi connectivity index (χ3v) is 2.82. The number of rotatable bonds is 4. The van der Waals surface area contributed by atoms with Gasteiger partial charge in [-0.1, -0.05) is 11.6 Å². The summed E-state index contributed by atoms with van der Waals surface area (Å²) in [6.45, 7) is 4.14. The van der Waals surface area contributed by atoms with Crippen molar-refractivity contribution in [3.05, 3.63) is 28.3 Å². The number of hydrogen-bond acceptors (Lipinski definition) is 3. The summed E-state index contributed by atoms with van der Waals surface area (Å²) in [5.41, 5.74) is 1.73. The summed E-state index contributed by atoms with van der Waals surface area (Å²) in [6.07, 6.45) is -0.0205. The molecule has 0 heterocycles. The number of ether oxygens (including phenoxy) is 1. The van der Waals surface area contributed by atoms with Gasteiger partial charge in [0.25, 0.3) is 0 Å². The molecule has 0 aliphatic carbocycles. The minimum atomic E-state index is -0.528. The number of aliphatic hydroxyl groups is 1. The zero-order valence-electron chi connectivity index (χ0n) is 9.92. The molecule has 0 radical (unpaired) electrons. The van der Waals surface area contributed by atoms with Gasteiger partial charge in [-0.15, -0.1) is 0 Å². The van der Waals surface area contributed by atoms with E-state index in [1.165, 1.54) is 0 Å². The van der Waals surface area contributed by atoms with Gasteiger partial charge in [-0.05, 0) is 43.5 Å². The van der Waals surface area contributed by atoms with Gasteiger partial charge in [0.15, 0.2) is 0 Å². The van der Waals surface area contributed by atoms with E-state index in [1.807, 2.05) is 13.8 Å². The fourth-order valence-corrected chi connectivity index (χ4v) is 1.49. The normalized spacial score (nSPS) is 10.1. The summed E-state index contributed by atoms with van der Waals surface area (Å²) in [5, 5.41) is 11.8. The van der Waals surface area contributed by atoms with Crippen LogP contribution in [0.3, 0.4) is 0 Å². The van der Waals surface area contributed by atoms with Crippen LogP contribution in [0.4, 0.5) is 4.79 Å². The molecule has 0 atom stereocenters. The van der Waals surface area contributed by atoms with E-state index >= 15 is 0 Å². The first-order valence-corrected chi connectivity index (χ1v) is 5.75. The summed E-state index contributed by atoms with van der Waals surface area (Å²) in [7, 11) is 0. The molecular formula is C12H16ClNO3. The quantitative estimate of drug-likeness (QED) is 0.815. The lowest BCUT2D eigenvalue weighted by molar-refractivity contribution is 0.198. The molecule has 0 aromatic heterocycles. The van der Waals surface area contributed by atoms with Crippen molar-refractivity contribution in [1.29, 1.82) is 0 Å². The van der Waals surface area contributed by atoms with E-state index in [9.17, 15) is 4.79 Å². The highest BCUT2D eigenvalue weighted by Gasteiger charge is 2.07. The van der Waals surface area contributed by atoms with E-state index in [4.69, 9.17) is 21.4 Å².